The minimum absolute atomic E-state index is 0. The zero-order valence-electron chi connectivity index (χ0n) is 10.2. The molecule has 0 aliphatic rings. The number of fused-ring (bicyclic) bond motifs is 1. The number of aromatic amines is 1. The predicted octanol–water partition coefficient (Wildman–Crippen LogP) is 2.24. The van der Waals surface area contributed by atoms with Crippen molar-refractivity contribution in [3.05, 3.63) is 36.0 Å². The van der Waals surface area contributed by atoms with Gasteiger partial charge in [-0.1, -0.05) is 18.2 Å². The molecule has 2 aromatic rings. The fraction of sp³-hybridized carbons (Fsp3) is 0.385. The fourth-order valence-corrected chi connectivity index (χ4v) is 1.79. The second-order valence-electron chi connectivity index (χ2n) is 5.12. The van der Waals surface area contributed by atoms with E-state index in [1.807, 2.05) is 0 Å². The average molecular weight is 220 g/mol. The lowest BCUT2D eigenvalue weighted by molar-refractivity contribution is -0.870. The van der Waals surface area contributed by atoms with E-state index < -0.39 is 0 Å². The van der Waals surface area contributed by atoms with Crippen LogP contribution in [-0.4, -0.2) is 42.6 Å². The Morgan fingerprint density at radius 1 is 1.12 bits per heavy atom. The first-order valence-electron chi connectivity index (χ1n) is 5.42. The summed E-state index contributed by atoms with van der Waals surface area (Å²) >= 11 is 0. The van der Waals surface area contributed by atoms with Crippen molar-refractivity contribution in [2.24, 2.45) is 0 Å². The van der Waals surface area contributed by atoms with E-state index in [0.29, 0.717) is 0 Å². The molecule has 0 spiro atoms. The van der Waals surface area contributed by atoms with E-state index in [0.717, 1.165) is 10.9 Å². The van der Waals surface area contributed by atoms with Crippen molar-refractivity contribution in [1.29, 1.82) is 0 Å². The Morgan fingerprint density at radius 3 is 2.50 bits per heavy atom. The molecule has 1 aromatic heterocycles. The topological polar surface area (TPSA) is 45.8 Å². The summed E-state index contributed by atoms with van der Waals surface area (Å²) in [6, 6.07) is 8.50. The van der Waals surface area contributed by atoms with Gasteiger partial charge in [0, 0.05) is 23.5 Å². The first-order valence-corrected chi connectivity index (χ1v) is 5.42. The van der Waals surface area contributed by atoms with Gasteiger partial charge < -0.3 is 14.9 Å². The molecule has 0 bridgehead atoms. The summed E-state index contributed by atoms with van der Waals surface area (Å²) < 4.78 is 1.01. The Balaban J connectivity index is 0.00000128. The van der Waals surface area contributed by atoms with Crippen LogP contribution >= 0.6 is 0 Å². The van der Waals surface area contributed by atoms with Crippen LogP contribution in [-0.2, 0) is 6.42 Å². The molecule has 0 aliphatic heterocycles. The SMILES string of the molecule is C[N+](C)(C)CCc1c[nH]c2ccccc12.[OH-]. The average Bonchev–Trinajstić information content (AvgIpc) is 2.57. The van der Waals surface area contributed by atoms with E-state index >= 15 is 0 Å². The summed E-state index contributed by atoms with van der Waals surface area (Å²) in [5.41, 5.74) is 2.67. The second-order valence-corrected chi connectivity index (χ2v) is 5.12. The number of aromatic nitrogens is 1. The van der Waals surface area contributed by atoms with Crippen LogP contribution in [0.25, 0.3) is 10.9 Å². The van der Waals surface area contributed by atoms with Crippen molar-refractivity contribution < 1.29 is 9.96 Å². The van der Waals surface area contributed by atoms with Gasteiger partial charge in [-0.25, -0.2) is 0 Å². The summed E-state index contributed by atoms with van der Waals surface area (Å²) in [7, 11) is 6.69. The maximum atomic E-state index is 3.32. The number of quaternary nitrogens is 1. The lowest BCUT2D eigenvalue weighted by atomic mass is 10.1. The molecule has 2 rings (SSSR count). The highest BCUT2D eigenvalue weighted by atomic mass is 16.0. The van der Waals surface area contributed by atoms with Gasteiger partial charge in [0.2, 0.25) is 0 Å². The third kappa shape index (κ3) is 2.84. The Hall–Kier alpha value is -1.32. The number of hydrogen-bond donors (Lipinski definition) is 1. The zero-order valence-corrected chi connectivity index (χ0v) is 10.2. The molecule has 0 aliphatic carbocycles. The molecular formula is C13H20N2O. The molecule has 1 aromatic carbocycles. The summed E-state index contributed by atoms with van der Waals surface area (Å²) in [5.74, 6) is 0. The van der Waals surface area contributed by atoms with Crippen molar-refractivity contribution in [3.63, 3.8) is 0 Å². The van der Waals surface area contributed by atoms with Crippen LogP contribution in [0.3, 0.4) is 0 Å². The van der Waals surface area contributed by atoms with Crippen LogP contribution < -0.4 is 0 Å². The van der Waals surface area contributed by atoms with Gasteiger partial charge in [-0.2, -0.15) is 0 Å². The van der Waals surface area contributed by atoms with Gasteiger partial charge in [0.15, 0.2) is 0 Å². The van der Waals surface area contributed by atoms with Crippen molar-refractivity contribution in [3.8, 4) is 0 Å². The molecule has 88 valence electrons. The van der Waals surface area contributed by atoms with E-state index in [4.69, 9.17) is 0 Å². The zero-order chi connectivity index (χ0) is 10.9. The summed E-state index contributed by atoms with van der Waals surface area (Å²) in [6.07, 6.45) is 3.27. The van der Waals surface area contributed by atoms with Gasteiger partial charge in [-0.05, 0) is 11.6 Å². The Bertz CT molecular complexity index is 454. The first-order chi connectivity index (χ1) is 7.06. The smallest absolute Gasteiger partial charge is 0.0822 e. The lowest BCUT2D eigenvalue weighted by Gasteiger charge is -2.23. The molecule has 0 amide bonds. The van der Waals surface area contributed by atoms with Gasteiger partial charge in [0.25, 0.3) is 0 Å². The highest BCUT2D eigenvalue weighted by Gasteiger charge is 2.09. The van der Waals surface area contributed by atoms with E-state index in [-0.39, 0.29) is 5.48 Å². The highest BCUT2D eigenvalue weighted by Crippen LogP contribution is 2.18. The van der Waals surface area contributed by atoms with E-state index in [2.05, 4.69) is 56.6 Å². The minimum atomic E-state index is 0. The maximum absolute atomic E-state index is 3.32. The predicted molar refractivity (Wildman–Crippen MR) is 66.8 cm³/mol. The van der Waals surface area contributed by atoms with Gasteiger partial charge in [0.05, 0.1) is 27.7 Å². The van der Waals surface area contributed by atoms with Crippen molar-refractivity contribution >= 4 is 10.9 Å². The number of rotatable bonds is 3. The molecule has 0 saturated carbocycles. The molecule has 0 saturated heterocycles. The molecule has 0 fully saturated rings. The molecule has 1 heterocycles. The minimum Gasteiger partial charge on any atom is -0.870 e. The summed E-state index contributed by atoms with van der Waals surface area (Å²) in [6.45, 7) is 1.17. The van der Waals surface area contributed by atoms with Gasteiger partial charge >= 0.3 is 0 Å². The van der Waals surface area contributed by atoms with Gasteiger partial charge in [0.1, 0.15) is 0 Å². The molecular weight excluding hydrogens is 200 g/mol. The monoisotopic (exact) mass is 220 g/mol. The van der Waals surface area contributed by atoms with Crippen molar-refractivity contribution in [1.82, 2.24) is 4.98 Å². The third-order valence-electron chi connectivity index (χ3n) is 2.73. The molecule has 0 atom stereocenters. The van der Waals surface area contributed by atoms with Crippen LogP contribution in [0.5, 0.6) is 0 Å². The Labute approximate surface area is 96.6 Å². The molecule has 0 unspecified atom stereocenters. The molecule has 3 heteroatoms. The van der Waals surface area contributed by atoms with Crippen LogP contribution in [0.4, 0.5) is 0 Å². The van der Waals surface area contributed by atoms with E-state index in [1.165, 1.54) is 23.0 Å². The number of nitrogens with zero attached hydrogens (tertiary/aromatic N) is 1. The first kappa shape index (κ1) is 12.7. The second kappa shape index (κ2) is 4.68. The van der Waals surface area contributed by atoms with Crippen molar-refractivity contribution in [2.45, 2.75) is 6.42 Å². The van der Waals surface area contributed by atoms with Crippen LogP contribution in [0.2, 0.25) is 0 Å². The number of H-pyrrole nitrogens is 1. The Kier molecular flexibility index (Phi) is 3.73. The highest BCUT2D eigenvalue weighted by molar-refractivity contribution is 5.82. The maximum Gasteiger partial charge on any atom is 0.0822 e. The summed E-state index contributed by atoms with van der Waals surface area (Å²) in [4.78, 5) is 3.32. The number of hydrogen-bond acceptors (Lipinski definition) is 1. The van der Waals surface area contributed by atoms with E-state index in [1.54, 1.807) is 0 Å². The molecule has 16 heavy (non-hydrogen) atoms. The van der Waals surface area contributed by atoms with Crippen LogP contribution in [0.15, 0.2) is 30.5 Å². The van der Waals surface area contributed by atoms with Crippen LogP contribution in [0, 0.1) is 0 Å². The number of likely N-dealkylation sites (N-methyl/N-ethyl adjacent to an activating group) is 1. The van der Waals surface area contributed by atoms with Crippen LogP contribution in [0.1, 0.15) is 5.56 Å². The van der Waals surface area contributed by atoms with Gasteiger partial charge in [-0.3, -0.25) is 0 Å². The number of para-hydroxylation sites is 1. The van der Waals surface area contributed by atoms with Crippen molar-refractivity contribution in [2.75, 3.05) is 27.7 Å². The fourth-order valence-electron chi connectivity index (χ4n) is 1.79. The lowest BCUT2D eigenvalue weighted by Crippen LogP contribution is -2.36. The Morgan fingerprint density at radius 2 is 1.81 bits per heavy atom. The number of benzene rings is 1. The normalized spacial score (nSPS) is 11.4. The molecule has 2 N–H and O–H groups in total. The molecule has 0 radical (unpaired) electrons. The number of nitrogens with one attached hydrogen (secondary N) is 1. The van der Waals surface area contributed by atoms with E-state index in [9.17, 15) is 0 Å². The summed E-state index contributed by atoms with van der Waals surface area (Å²) in [5, 5.41) is 1.37. The third-order valence-corrected chi connectivity index (χ3v) is 2.73. The quantitative estimate of drug-likeness (QED) is 0.792. The van der Waals surface area contributed by atoms with Gasteiger partial charge in [-0.15, -0.1) is 0 Å². The largest absolute Gasteiger partial charge is 0.870 e. The molecule has 3 nitrogen and oxygen atoms in total. The standard InChI is InChI=1S/C13H19N2.H2O/c1-15(2,3)9-8-11-10-14-13-7-5-4-6-12(11)13;/h4-7,10,14H,8-9H2,1-3H3;1H2/q+1;/p-1.